The minimum absolute atomic E-state index is 0. The fourth-order valence-electron chi connectivity index (χ4n) is 3.00. The Labute approximate surface area is 144 Å². The Kier molecular flexibility index (Phi) is 6.14. The molecule has 1 aromatic carbocycles. The zero-order valence-electron chi connectivity index (χ0n) is 12.7. The van der Waals surface area contributed by atoms with Crippen LogP contribution in [0.25, 0.3) is 0 Å². The van der Waals surface area contributed by atoms with Gasteiger partial charge in [0, 0.05) is 38.9 Å². The first-order valence-electron chi connectivity index (χ1n) is 7.67. The summed E-state index contributed by atoms with van der Waals surface area (Å²) in [7, 11) is 2.09. The van der Waals surface area contributed by atoms with Crippen LogP contribution in [-0.2, 0) is 6.54 Å². The van der Waals surface area contributed by atoms with Crippen LogP contribution in [0.3, 0.4) is 0 Å². The number of hydrogen-bond donors (Lipinski definition) is 1. The highest BCUT2D eigenvalue weighted by atomic mass is 127. The largest absolute Gasteiger partial charge is 0.371 e. The van der Waals surface area contributed by atoms with Crippen molar-refractivity contribution in [2.75, 3.05) is 38.1 Å². The Hall–Kier alpha value is -0.980. The van der Waals surface area contributed by atoms with Gasteiger partial charge in [-0.05, 0) is 30.9 Å². The number of nitrogens with zero attached hydrogens (tertiary/aromatic N) is 3. The third kappa shape index (κ3) is 4.02. The highest BCUT2D eigenvalue weighted by Crippen LogP contribution is 2.24. The molecule has 0 aliphatic carbocycles. The van der Waals surface area contributed by atoms with E-state index >= 15 is 0 Å². The van der Waals surface area contributed by atoms with Gasteiger partial charge in [-0.2, -0.15) is 0 Å². The molecule has 0 aromatic heterocycles. The molecule has 2 heterocycles. The Balaban J connectivity index is 0.00000161. The first-order chi connectivity index (χ1) is 9.84. The number of para-hydroxylation sites is 1. The van der Waals surface area contributed by atoms with Crippen LogP contribution in [0, 0.1) is 0 Å². The molecular weight excluding hydrogens is 375 g/mol. The molecule has 2 aliphatic rings. The van der Waals surface area contributed by atoms with Crippen LogP contribution in [0.2, 0.25) is 0 Å². The Morgan fingerprint density at radius 3 is 2.57 bits per heavy atom. The lowest BCUT2D eigenvalue weighted by molar-refractivity contribution is 0.533. The molecule has 1 aromatic rings. The van der Waals surface area contributed by atoms with Crippen molar-refractivity contribution in [1.29, 1.82) is 0 Å². The van der Waals surface area contributed by atoms with Gasteiger partial charge in [-0.15, -0.1) is 24.0 Å². The van der Waals surface area contributed by atoms with E-state index in [2.05, 4.69) is 51.4 Å². The second kappa shape index (κ2) is 7.87. The van der Waals surface area contributed by atoms with Crippen molar-refractivity contribution in [3.8, 4) is 0 Å². The second-order valence-corrected chi connectivity index (χ2v) is 5.66. The number of likely N-dealkylation sites (N-methyl/N-ethyl adjacent to an activating group) is 1. The van der Waals surface area contributed by atoms with Gasteiger partial charge in [-0.1, -0.05) is 18.2 Å². The lowest BCUT2D eigenvalue weighted by Gasteiger charge is -2.31. The summed E-state index contributed by atoms with van der Waals surface area (Å²) in [5.74, 6) is 1.03. The van der Waals surface area contributed by atoms with Gasteiger partial charge in [-0.25, -0.2) is 0 Å². The van der Waals surface area contributed by atoms with E-state index in [4.69, 9.17) is 0 Å². The highest BCUT2D eigenvalue weighted by Gasteiger charge is 2.15. The maximum atomic E-state index is 4.49. The maximum Gasteiger partial charge on any atom is 0.194 e. The van der Waals surface area contributed by atoms with Gasteiger partial charge >= 0.3 is 0 Å². The summed E-state index contributed by atoms with van der Waals surface area (Å²) in [6.07, 6.45) is 4.01. The topological polar surface area (TPSA) is 30.9 Å². The lowest BCUT2D eigenvalue weighted by Crippen LogP contribution is -2.36. The quantitative estimate of drug-likeness (QED) is 0.792. The number of benzene rings is 1. The second-order valence-electron chi connectivity index (χ2n) is 5.66. The van der Waals surface area contributed by atoms with Crippen LogP contribution in [0.5, 0.6) is 0 Å². The SMILES string of the molecule is CN1CCN=C1NCc1ccccc1N1CCCCC1.I. The Morgan fingerprint density at radius 1 is 1.10 bits per heavy atom. The summed E-state index contributed by atoms with van der Waals surface area (Å²) in [5, 5.41) is 3.48. The third-order valence-electron chi connectivity index (χ3n) is 4.18. The van der Waals surface area contributed by atoms with Crippen molar-refractivity contribution >= 4 is 35.6 Å². The highest BCUT2D eigenvalue weighted by molar-refractivity contribution is 14.0. The van der Waals surface area contributed by atoms with E-state index in [0.717, 1.165) is 25.6 Å². The predicted octanol–water partition coefficient (Wildman–Crippen LogP) is 2.69. The molecule has 1 fully saturated rings. The molecule has 0 radical (unpaired) electrons. The van der Waals surface area contributed by atoms with Crippen LogP contribution >= 0.6 is 24.0 Å². The predicted molar refractivity (Wildman–Crippen MR) is 99.7 cm³/mol. The van der Waals surface area contributed by atoms with E-state index in [1.54, 1.807) is 0 Å². The third-order valence-corrected chi connectivity index (χ3v) is 4.18. The fraction of sp³-hybridized carbons (Fsp3) is 0.562. The van der Waals surface area contributed by atoms with E-state index < -0.39 is 0 Å². The molecule has 0 amide bonds. The first kappa shape index (κ1) is 16.4. The molecular formula is C16H25IN4. The van der Waals surface area contributed by atoms with Crippen LogP contribution < -0.4 is 10.2 Å². The van der Waals surface area contributed by atoms with Crippen LogP contribution in [0.1, 0.15) is 24.8 Å². The van der Waals surface area contributed by atoms with Crippen molar-refractivity contribution < 1.29 is 0 Å². The van der Waals surface area contributed by atoms with E-state index in [0.29, 0.717) is 0 Å². The zero-order chi connectivity index (χ0) is 13.8. The van der Waals surface area contributed by atoms with Crippen LogP contribution in [0.4, 0.5) is 5.69 Å². The number of hydrogen-bond acceptors (Lipinski definition) is 4. The van der Waals surface area contributed by atoms with Crippen molar-refractivity contribution in [1.82, 2.24) is 10.2 Å². The summed E-state index contributed by atoms with van der Waals surface area (Å²) < 4.78 is 0. The van der Waals surface area contributed by atoms with E-state index in [1.807, 2.05) is 0 Å². The average Bonchev–Trinajstić information content (AvgIpc) is 2.92. The Morgan fingerprint density at radius 2 is 1.86 bits per heavy atom. The summed E-state index contributed by atoms with van der Waals surface area (Å²) >= 11 is 0. The number of piperidine rings is 1. The molecule has 0 bridgehead atoms. The molecule has 116 valence electrons. The Bertz CT molecular complexity index is 483. The minimum Gasteiger partial charge on any atom is -0.371 e. The molecule has 0 unspecified atom stereocenters. The van der Waals surface area contributed by atoms with Crippen molar-refractivity contribution in [3.05, 3.63) is 29.8 Å². The monoisotopic (exact) mass is 400 g/mol. The van der Waals surface area contributed by atoms with Gasteiger partial charge in [0.2, 0.25) is 0 Å². The molecule has 0 saturated carbocycles. The molecule has 1 N–H and O–H groups in total. The van der Waals surface area contributed by atoms with Crippen LogP contribution in [0.15, 0.2) is 29.3 Å². The molecule has 2 aliphatic heterocycles. The molecule has 0 spiro atoms. The maximum absolute atomic E-state index is 4.49. The van der Waals surface area contributed by atoms with Gasteiger partial charge in [0.1, 0.15) is 0 Å². The van der Waals surface area contributed by atoms with Gasteiger partial charge in [0.25, 0.3) is 0 Å². The van der Waals surface area contributed by atoms with Gasteiger partial charge in [-0.3, -0.25) is 4.99 Å². The van der Waals surface area contributed by atoms with E-state index in [9.17, 15) is 0 Å². The lowest BCUT2D eigenvalue weighted by atomic mass is 10.1. The molecule has 0 atom stereocenters. The number of halogens is 1. The van der Waals surface area contributed by atoms with Crippen LogP contribution in [-0.4, -0.2) is 44.1 Å². The molecule has 21 heavy (non-hydrogen) atoms. The van der Waals surface area contributed by atoms with Crippen molar-refractivity contribution in [2.24, 2.45) is 4.99 Å². The summed E-state index contributed by atoms with van der Waals surface area (Å²) in [6.45, 7) is 5.17. The number of rotatable bonds is 3. The van der Waals surface area contributed by atoms with Gasteiger partial charge in [0.05, 0.1) is 6.54 Å². The normalized spacial score (nSPS) is 18.2. The molecule has 1 saturated heterocycles. The fourth-order valence-corrected chi connectivity index (χ4v) is 3.00. The smallest absolute Gasteiger partial charge is 0.194 e. The van der Waals surface area contributed by atoms with Gasteiger partial charge in [0.15, 0.2) is 5.96 Å². The van der Waals surface area contributed by atoms with Crippen molar-refractivity contribution in [3.63, 3.8) is 0 Å². The standard InChI is InChI=1S/C16H24N4.HI/c1-19-12-9-17-16(19)18-13-14-7-3-4-8-15(14)20-10-5-2-6-11-20;/h3-4,7-8H,2,5-6,9-13H2,1H3,(H,17,18);1H. The van der Waals surface area contributed by atoms with E-state index in [1.165, 1.54) is 43.6 Å². The number of anilines is 1. The summed E-state index contributed by atoms with van der Waals surface area (Å²) in [5.41, 5.74) is 2.76. The number of guanidine groups is 1. The minimum atomic E-state index is 0. The summed E-state index contributed by atoms with van der Waals surface area (Å²) in [6, 6.07) is 8.76. The molecule has 5 heteroatoms. The van der Waals surface area contributed by atoms with Crippen molar-refractivity contribution in [2.45, 2.75) is 25.8 Å². The number of aliphatic imine (C=N–C) groups is 1. The van der Waals surface area contributed by atoms with E-state index in [-0.39, 0.29) is 24.0 Å². The first-order valence-corrected chi connectivity index (χ1v) is 7.67. The van der Waals surface area contributed by atoms with Gasteiger partial charge < -0.3 is 15.1 Å². The molecule has 4 nitrogen and oxygen atoms in total. The zero-order valence-corrected chi connectivity index (χ0v) is 15.0. The average molecular weight is 400 g/mol. The summed E-state index contributed by atoms with van der Waals surface area (Å²) in [4.78, 5) is 9.20. The molecule has 3 rings (SSSR count). The number of nitrogens with one attached hydrogen (secondary N) is 1.